The topological polar surface area (TPSA) is 36.2 Å². The van der Waals surface area contributed by atoms with Gasteiger partial charge in [0, 0.05) is 12.1 Å². The molecule has 0 radical (unpaired) electrons. The largest absolute Gasteiger partial charge is 0.496 e. The summed E-state index contributed by atoms with van der Waals surface area (Å²) in [5.74, 6) is 0.227. The van der Waals surface area contributed by atoms with E-state index >= 15 is 0 Å². The van der Waals surface area contributed by atoms with Crippen LogP contribution in [0.2, 0.25) is 0 Å². The average Bonchev–Trinajstić information content (AvgIpc) is 2.80. The minimum atomic E-state index is -0.344. The number of aromatic nitrogens is 2. The molecule has 4 nitrogen and oxygen atoms in total. The summed E-state index contributed by atoms with van der Waals surface area (Å²) in [7, 11) is 1.54. The molecule has 0 spiro atoms. The van der Waals surface area contributed by atoms with E-state index in [1.165, 1.54) is 19.2 Å². The third-order valence-electron chi connectivity index (χ3n) is 3.81. The summed E-state index contributed by atoms with van der Waals surface area (Å²) in [6.07, 6.45) is 0. The molecule has 0 aliphatic heterocycles. The van der Waals surface area contributed by atoms with Gasteiger partial charge in [0.2, 0.25) is 0 Å². The third-order valence-corrected chi connectivity index (χ3v) is 3.81. The van der Waals surface area contributed by atoms with Crippen LogP contribution in [0.25, 0.3) is 11.0 Å². The highest BCUT2D eigenvalue weighted by molar-refractivity contribution is 5.76. The van der Waals surface area contributed by atoms with E-state index < -0.39 is 0 Å². The van der Waals surface area contributed by atoms with Crippen LogP contribution in [-0.4, -0.2) is 16.2 Å². The summed E-state index contributed by atoms with van der Waals surface area (Å²) in [6, 6.07) is 11.9. The number of benzene rings is 2. The summed E-state index contributed by atoms with van der Waals surface area (Å²) >= 11 is 0. The number of para-hydroxylation sites is 2. The van der Waals surface area contributed by atoms with Crippen LogP contribution in [0.3, 0.4) is 0 Å². The number of methoxy groups -OCH3 is 1. The molecule has 0 saturated heterocycles. The van der Waals surface area contributed by atoms with Gasteiger partial charge in [-0.25, -0.2) is 9.18 Å². The van der Waals surface area contributed by atoms with Crippen LogP contribution in [-0.2, 0) is 13.1 Å². The zero-order valence-electron chi connectivity index (χ0n) is 12.5. The molecule has 1 aromatic heterocycles. The number of imidazole rings is 1. The molecule has 3 aromatic rings. The Morgan fingerprint density at radius 3 is 2.41 bits per heavy atom. The van der Waals surface area contributed by atoms with Crippen molar-refractivity contribution < 1.29 is 9.13 Å². The monoisotopic (exact) mass is 300 g/mol. The number of hydrogen-bond donors (Lipinski definition) is 0. The van der Waals surface area contributed by atoms with Crippen LogP contribution in [0.4, 0.5) is 4.39 Å². The van der Waals surface area contributed by atoms with Gasteiger partial charge in [-0.3, -0.25) is 9.13 Å². The summed E-state index contributed by atoms with van der Waals surface area (Å²) in [5.41, 5.74) is 2.25. The Kier molecular flexibility index (Phi) is 3.71. The number of ether oxygens (including phenoxy) is 1. The maximum atomic E-state index is 13.5. The number of halogens is 1. The van der Waals surface area contributed by atoms with Crippen molar-refractivity contribution in [2.75, 3.05) is 7.11 Å². The second-order valence-electron chi connectivity index (χ2n) is 5.06. The van der Waals surface area contributed by atoms with Crippen LogP contribution in [0.15, 0.2) is 47.3 Å². The Bertz CT molecular complexity index is 880. The fraction of sp³-hybridized carbons (Fsp3) is 0.235. The van der Waals surface area contributed by atoms with Crippen LogP contribution in [0.5, 0.6) is 5.75 Å². The van der Waals surface area contributed by atoms with Crippen LogP contribution in [0.1, 0.15) is 12.5 Å². The lowest BCUT2D eigenvalue weighted by Crippen LogP contribution is -2.24. The van der Waals surface area contributed by atoms with E-state index in [1.807, 2.05) is 31.2 Å². The molecule has 0 aliphatic rings. The minimum Gasteiger partial charge on any atom is -0.496 e. The summed E-state index contributed by atoms with van der Waals surface area (Å²) in [5, 5.41) is 0. The van der Waals surface area contributed by atoms with E-state index in [4.69, 9.17) is 4.74 Å². The lowest BCUT2D eigenvalue weighted by Gasteiger charge is -2.09. The minimum absolute atomic E-state index is 0.102. The van der Waals surface area contributed by atoms with E-state index in [0.717, 1.165) is 11.0 Å². The summed E-state index contributed by atoms with van der Waals surface area (Å²) < 4.78 is 22.2. The molecule has 114 valence electrons. The van der Waals surface area contributed by atoms with Gasteiger partial charge in [-0.05, 0) is 37.3 Å². The molecular formula is C17H17FN2O2. The zero-order valence-corrected chi connectivity index (χ0v) is 12.5. The number of aryl methyl sites for hydroxylation is 1. The summed E-state index contributed by atoms with van der Waals surface area (Å²) in [4.78, 5) is 12.6. The highest BCUT2D eigenvalue weighted by Gasteiger charge is 2.14. The molecule has 0 unspecified atom stereocenters. The highest BCUT2D eigenvalue weighted by Crippen LogP contribution is 2.22. The van der Waals surface area contributed by atoms with Crippen molar-refractivity contribution in [1.29, 1.82) is 0 Å². The standard InChI is InChI=1S/C17H17FN2O2/c1-3-19-14-6-4-5-7-15(14)20(17(19)21)11-12-10-13(18)8-9-16(12)22-2/h4-10H,3,11H2,1-2H3. The predicted molar refractivity (Wildman–Crippen MR) is 83.9 cm³/mol. The Morgan fingerprint density at radius 2 is 1.77 bits per heavy atom. The van der Waals surface area contributed by atoms with E-state index in [2.05, 4.69) is 0 Å². The van der Waals surface area contributed by atoms with E-state index in [1.54, 1.807) is 15.2 Å². The quantitative estimate of drug-likeness (QED) is 0.742. The summed E-state index contributed by atoms with van der Waals surface area (Å²) in [6.45, 7) is 2.79. The number of hydrogen-bond acceptors (Lipinski definition) is 2. The normalized spacial score (nSPS) is 11.0. The van der Waals surface area contributed by atoms with Crippen molar-refractivity contribution in [3.63, 3.8) is 0 Å². The van der Waals surface area contributed by atoms with Crippen molar-refractivity contribution in [2.45, 2.75) is 20.0 Å². The van der Waals surface area contributed by atoms with Gasteiger partial charge in [0.25, 0.3) is 0 Å². The van der Waals surface area contributed by atoms with Crippen molar-refractivity contribution in [1.82, 2.24) is 9.13 Å². The van der Waals surface area contributed by atoms with Crippen molar-refractivity contribution >= 4 is 11.0 Å². The van der Waals surface area contributed by atoms with Gasteiger partial charge in [-0.15, -0.1) is 0 Å². The molecule has 0 saturated carbocycles. The fourth-order valence-corrected chi connectivity index (χ4v) is 2.77. The lowest BCUT2D eigenvalue weighted by atomic mass is 10.2. The second kappa shape index (κ2) is 5.67. The van der Waals surface area contributed by atoms with Gasteiger partial charge in [-0.2, -0.15) is 0 Å². The van der Waals surface area contributed by atoms with Gasteiger partial charge in [0.05, 0.1) is 24.7 Å². The smallest absolute Gasteiger partial charge is 0.329 e. The molecule has 0 atom stereocenters. The van der Waals surface area contributed by atoms with Gasteiger partial charge < -0.3 is 4.74 Å². The molecule has 0 bridgehead atoms. The van der Waals surface area contributed by atoms with Gasteiger partial charge >= 0.3 is 5.69 Å². The molecule has 0 N–H and O–H groups in total. The first kappa shape index (κ1) is 14.4. The Labute approximate surface area is 127 Å². The first-order valence-corrected chi connectivity index (χ1v) is 7.16. The van der Waals surface area contributed by atoms with Crippen molar-refractivity contribution in [3.8, 4) is 5.75 Å². The maximum Gasteiger partial charge on any atom is 0.329 e. The Balaban J connectivity index is 2.18. The third kappa shape index (κ3) is 2.28. The Morgan fingerprint density at radius 1 is 1.09 bits per heavy atom. The Hall–Kier alpha value is -2.56. The number of nitrogens with zero attached hydrogens (tertiary/aromatic N) is 2. The molecule has 1 heterocycles. The average molecular weight is 300 g/mol. The van der Waals surface area contributed by atoms with Crippen LogP contribution in [0, 0.1) is 5.82 Å². The van der Waals surface area contributed by atoms with E-state index in [9.17, 15) is 9.18 Å². The van der Waals surface area contributed by atoms with Crippen LogP contribution >= 0.6 is 0 Å². The molecule has 0 aliphatic carbocycles. The van der Waals surface area contributed by atoms with E-state index in [0.29, 0.717) is 17.9 Å². The first-order valence-electron chi connectivity index (χ1n) is 7.16. The van der Waals surface area contributed by atoms with Gasteiger partial charge in [0.15, 0.2) is 0 Å². The van der Waals surface area contributed by atoms with Gasteiger partial charge in [-0.1, -0.05) is 12.1 Å². The second-order valence-corrected chi connectivity index (χ2v) is 5.06. The molecule has 5 heteroatoms. The van der Waals surface area contributed by atoms with Crippen molar-refractivity contribution in [2.24, 2.45) is 0 Å². The number of rotatable bonds is 4. The highest BCUT2D eigenvalue weighted by atomic mass is 19.1. The predicted octanol–water partition coefficient (Wildman–Crippen LogP) is 3.02. The molecule has 3 rings (SSSR count). The lowest BCUT2D eigenvalue weighted by molar-refractivity contribution is 0.407. The SMILES string of the molecule is CCn1c(=O)n(Cc2cc(F)ccc2OC)c2ccccc21. The van der Waals surface area contributed by atoms with Crippen molar-refractivity contribution in [3.05, 3.63) is 64.3 Å². The number of fused-ring (bicyclic) bond motifs is 1. The maximum absolute atomic E-state index is 13.5. The molecule has 0 amide bonds. The first-order chi connectivity index (χ1) is 10.7. The molecule has 2 aromatic carbocycles. The van der Waals surface area contributed by atoms with Crippen LogP contribution < -0.4 is 10.4 Å². The molecule has 0 fully saturated rings. The van der Waals surface area contributed by atoms with E-state index in [-0.39, 0.29) is 18.1 Å². The zero-order chi connectivity index (χ0) is 15.7. The fourth-order valence-electron chi connectivity index (χ4n) is 2.77. The molecule has 22 heavy (non-hydrogen) atoms. The molecular weight excluding hydrogens is 283 g/mol. The van der Waals surface area contributed by atoms with Gasteiger partial charge in [0.1, 0.15) is 11.6 Å².